The Morgan fingerprint density at radius 3 is 2.68 bits per heavy atom. The zero-order valence-electron chi connectivity index (χ0n) is 10.9. The Morgan fingerprint density at radius 2 is 2.00 bits per heavy atom. The van der Waals surface area contributed by atoms with Gasteiger partial charge in [0.2, 0.25) is 5.91 Å². The van der Waals surface area contributed by atoms with Crippen LogP contribution >= 0.6 is 0 Å². The van der Waals surface area contributed by atoms with Gasteiger partial charge in [-0.05, 0) is 31.0 Å². The fourth-order valence-corrected chi connectivity index (χ4v) is 2.14. The lowest BCUT2D eigenvalue weighted by atomic mass is 10.2. The lowest BCUT2D eigenvalue weighted by Gasteiger charge is -2.11. The van der Waals surface area contributed by atoms with E-state index in [2.05, 4.69) is 10.8 Å². The number of amides is 2. The number of carbonyl (C=O) groups is 2. The van der Waals surface area contributed by atoms with Crippen molar-refractivity contribution in [1.29, 1.82) is 0 Å². The molecule has 2 rings (SSSR count). The summed E-state index contributed by atoms with van der Waals surface area (Å²) >= 11 is 0. The van der Waals surface area contributed by atoms with Gasteiger partial charge in [-0.25, -0.2) is 5.48 Å². The van der Waals surface area contributed by atoms with E-state index in [0.29, 0.717) is 11.3 Å². The highest BCUT2D eigenvalue weighted by Gasteiger charge is 2.17. The minimum absolute atomic E-state index is 0.127. The van der Waals surface area contributed by atoms with Crippen LogP contribution in [-0.2, 0) is 9.63 Å². The molecule has 0 atom stereocenters. The maximum absolute atomic E-state index is 11.9. The van der Waals surface area contributed by atoms with Crippen molar-refractivity contribution in [3.05, 3.63) is 29.8 Å². The van der Waals surface area contributed by atoms with Crippen LogP contribution in [0.5, 0.6) is 0 Å². The number of nitrogens with one attached hydrogen (secondary N) is 2. The molecule has 1 fully saturated rings. The minimum Gasteiger partial charge on any atom is -0.326 e. The molecule has 1 saturated carbocycles. The van der Waals surface area contributed by atoms with Gasteiger partial charge in [0.1, 0.15) is 0 Å². The summed E-state index contributed by atoms with van der Waals surface area (Å²) in [5.74, 6) is -0.459. The van der Waals surface area contributed by atoms with Gasteiger partial charge in [-0.1, -0.05) is 18.9 Å². The Bertz CT molecular complexity index is 468. The molecule has 0 heterocycles. The van der Waals surface area contributed by atoms with Gasteiger partial charge >= 0.3 is 0 Å². The van der Waals surface area contributed by atoms with Gasteiger partial charge in [0.25, 0.3) is 5.91 Å². The molecule has 0 bridgehead atoms. The average molecular weight is 262 g/mol. The summed E-state index contributed by atoms with van der Waals surface area (Å²) in [6.45, 7) is 1.43. The summed E-state index contributed by atoms with van der Waals surface area (Å²) in [4.78, 5) is 28.2. The molecular weight excluding hydrogens is 244 g/mol. The summed E-state index contributed by atoms with van der Waals surface area (Å²) in [6, 6.07) is 6.75. The molecule has 0 spiro atoms. The van der Waals surface area contributed by atoms with Crippen LogP contribution in [-0.4, -0.2) is 17.9 Å². The van der Waals surface area contributed by atoms with E-state index in [1.165, 1.54) is 6.92 Å². The molecule has 0 unspecified atom stereocenters. The highest BCUT2D eigenvalue weighted by Crippen LogP contribution is 2.20. The van der Waals surface area contributed by atoms with Gasteiger partial charge < -0.3 is 5.32 Å². The summed E-state index contributed by atoms with van der Waals surface area (Å²) in [5.41, 5.74) is 3.53. The average Bonchev–Trinajstić information content (AvgIpc) is 2.88. The molecule has 1 aromatic carbocycles. The molecule has 1 aliphatic carbocycles. The second-order valence-electron chi connectivity index (χ2n) is 4.72. The third-order valence-corrected chi connectivity index (χ3v) is 3.07. The molecule has 2 amide bonds. The first-order valence-electron chi connectivity index (χ1n) is 6.49. The molecule has 1 aliphatic rings. The molecule has 0 aromatic heterocycles. The van der Waals surface area contributed by atoms with Gasteiger partial charge in [-0.15, -0.1) is 0 Å². The molecule has 0 radical (unpaired) electrons. The quantitative estimate of drug-likeness (QED) is 0.818. The Balaban J connectivity index is 1.92. The number of benzene rings is 1. The number of hydrogen-bond donors (Lipinski definition) is 2. The van der Waals surface area contributed by atoms with E-state index in [0.717, 1.165) is 25.7 Å². The van der Waals surface area contributed by atoms with Crippen LogP contribution in [0.25, 0.3) is 0 Å². The lowest BCUT2D eigenvalue weighted by molar-refractivity contribution is -0.114. The van der Waals surface area contributed by atoms with Crippen LogP contribution in [0.4, 0.5) is 5.69 Å². The predicted molar refractivity (Wildman–Crippen MR) is 71.6 cm³/mol. The van der Waals surface area contributed by atoms with E-state index in [1.54, 1.807) is 24.3 Å². The molecule has 1 aromatic rings. The molecule has 102 valence electrons. The number of anilines is 1. The molecule has 0 saturated heterocycles. The van der Waals surface area contributed by atoms with Crippen molar-refractivity contribution in [3.63, 3.8) is 0 Å². The van der Waals surface area contributed by atoms with Crippen molar-refractivity contribution < 1.29 is 14.4 Å². The zero-order chi connectivity index (χ0) is 13.7. The summed E-state index contributed by atoms with van der Waals surface area (Å²) in [6.07, 6.45) is 4.41. The second kappa shape index (κ2) is 6.33. The number of hydrogen-bond acceptors (Lipinski definition) is 3. The van der Waals surface area contributed by atoms with E-state index in [9.17, 15) is 9.59 Å². The van der Waals surface area contributed by atoms with Crippen molar-refractivity contribution >= 4 is 17.5 Å². The number of carbonyl (C=O) groups excluding carboxylic acids is 2. The fraction of sp³-hybridized carbons (Fsp3) is 0.429. The largest absolute Gasteiger partial charge is 0.326 e. The van der Waals surface area contributed by atoms with Crippen molar-refractivity contribution in [2.24, 2.45) is 0 Å². The highest BCUT2D eigenvalue weighted by atomic mass is 16.7. The molecular formula is C14H18N2O3. The van der Waals surface area contributed by atoms with E-state index < -0.39 is 0 Å². The summed E-state index contributed by atoms with van der Waals surface area (Å²) < 4.78 is 0. The Morgan fingerprint density at radius 1 is 1.26 bits per heavy atom. The van der Waals surface area contributed by atoms with E-state index in [4.69, 9.17) is 4.84 Å². The zero-order valence-corrected chi connectivity index (χ0v) is 10.9. The van der Waals surface area contributed by atoms with Crippen molar-refractivity contribution in [2.75, 3.05) is 5.32 Å². The van der Waals surface area contributed by atoms with E-state index in [1.807, 2.05) is 0 Å². The van der Waals surface area contributed by atoms with Crippen molar-refractivity contribution in [3.8, 4) is 0 Å². The highest BCUT2D eigenvalue weighted by molar-refractivity contribution is 5.96. The van der Waals surface area contributed by atoms with E-state index >= 15 is 0 Å². The first-order valence-corrected chi connectivity index (χ1v) is 6.49. The predicted octanol–water partition coefficient (Wildman–Crippen LogP) is 2.25. The molecule has 2 N–H and O–H groups in total. The van der Waals surface area contributed by atoms with Crippen LogP contribution in [0.3, 0.4) is 0 Å². The molecule has 5 heteroatoms. The lowest BCUT2D eigenvalue weighted by Crippen LogP contribution is -2.28. The Hall–Kier alpha value is -1.88. The fourth-order valence-electron chi connectivity index (χ4n) is 2.14. The van der Waals surface area contributed by atoms with Crippen LogP contribution < -0.4 is 10.8 Å². The van der Waals surface area contributed by atoms with Crippen molar-refractivity contribution in [1.82, 2.24) is 5.48 Å². The Kier molecular flexibility index (Phi) is 4.52. The monoisotopic (exact) mass is 262 g/mol. The third-order valence-electron chi connectivity index (χ3n) is 3.07. The molecule has 5 nitrogen and oxygen atoms in total. The summed E-state index contributed by atoms with van der Waals surface area (Å²) in [7, 11) is 0. The minimum atomic E-state index is -0.292. The van der Waals surface area contributed by atoms with Crippen LogP contribution in [0, 0.1) is 0 Å². The van der Waals surface area contributed by atoms with E-state index in [-0.39, 0.29) is 17.9 Å². The Labute approximate surface area is 112 Å². The smallest absolute Gasteiger partial charge is 0.274 e. The number of rotatable bonds is 4. The maximum Gasteiger partial charge on any atom is 0.274 e. The van der Waals surface area contributed by atoms with Gasteiger partial charge in [0, 0.05) is 18.2 Å². The van der Waals surface area contributed by atoms with Gasteiger partial charge in [0.15, 0.2) is 0 Å². The first kappa shape index (κ1) is 13.5. The van der Waals surface area contributed by atoms with Crippen LogP contribution in [0.2, 0.25) is 0 Å². The first-order chi connectivity index (χ1) is 9.15. The SMILES string of the molecule is CC(=O)Nc1cccc(C(=O)NOC2CCCC2)c1. The normalized spacial score (nSPS) is 15.2. The summed E-state index contributed by atoms with van der Waals surface area (Å²) in [5, 5.41) is 2.64. The van der Waals surface area contributed by atoms with Crippen LogP contribution in [0.15, 0.2) is 24.3 Å². The second-order valence-corrected chi connectivity index (χ2v) is 4.72. The third kappa shape index (κ3) is 4.06. The van der Waals surface area contributed by atoms with Crippen LogP contribution in [0.1, 0.15) is 43.0 Å². The van der Waals surface area contributed by atoms with Gasteiger partial charge in [-0.2, -0.15) is 0 Å². The molecule has 0 aliphatic heterocycles. The van der Waals surface area contributed by atoms with Crippen molar-refractivity contribution in [2.45, 2.75) is 38.7 Å². The topological polar surface area (TPSA) is 67.4 Å². The van der Waals surface area contributed by atoms with Gasteiger partial charge in [-0.3, -0.25) is 14.4 Å². The standard InChI is InChI=1S/C14H18N2O3/c1-10(17)15-12-6-4-5-11(9-12)14(18)16-19-13-7-2-3-8-13/h4-6,9,13H,2-3,7-8H2,1H3,(H,15,17)(H,16,18). The maximum atomic E-state index is 11.9. The molecule has 19 heavy (non-hydrogen) atoms. The number of hydroxylamine groups is 1. The van der Waals surface area contributed by atoms with Gasteiger partial charge in [0.05, 0.1) is 6.10 Å².